The zero-order chi connectivity index (χ0) is 13.2. The first-order valence-corrected chi connectivity index (χ1v) is 6.32. The summed E-state index contributed by atoms with van der Waals surface area (Å²) >= 11 is 1.03. The number of nitrogens with one attached hydrogen (secondary N) is 3. The summed E-state index contributed by atoms with van der Waals surface area (Å²) in [6.07, 6.45) is 1.20. The molecule has 1 aliphatic carbocycles. The van der Waals surface area contributed by atoms with E-state index >= 15 is 0 Å². The van der Waals surface area contributed by atoms with E-state index in [0.29, 0.717) is 18.5 Å². The molecule has 2 amide bonds. The van der Waals surface area contributed by atoms with Gasteiger partial charge in [-0.2, -0.15) is 0 Å². The number of hydrogen-bond donors (Lipinski definition) is 4. The summed E-state index contributed by atoms with van der Waals surface area (Å²) in [6, 6.07) is -0.436. The lowest BCUT2D eigenvalue weighted by Crippen LogP contribution is -2.40. The Morgan fingerprint density at radius 2 is 2.17 bits per heavy atom. The summed E-state index contributed by atoms with van der Waals surface area (Å²) in [4.78, 5) is 35.5. The van der Waals surface area contributed by atoms with Crippen LogP contribution in [0, 0.1) is 5.41 Å². The molecule has 0 bridgehead atoms. The van der Waals surface area contributed by atoms with Gasteiger partial charge in [-0.15, -0.1) is 0 Å². The molecule has 98 valence electrons. The van der Waals surface area contributed by atoms with E-state index in [1.165, 1.54) is 0 Å². The summed E-state index contributed by atoms with van der Waals surface area (Å²) in [5.74, 6) is -0.870. The normalized spacial score (nSPS) is 16.0. The Kier molecular flexibility index (Phi) is 3.37. The van der Waals surface area contributed by atoms with E-state index in [0.717, 1.165) is 11.3 Å². The second-order valence-corrected chi connectivity index (χ2v) is 5.14. The minimum atomic E-state index is -0.870. The van der Waals surface area contributed by atoms with Crippen LogP contribution >= 0.6 is 11.3 Å². The fraction of sp³-hybridized carbons (Fsp3) is 0.500. The summed E-state index contributed by atoms with van der Waals surface area (Å²) in [5, 5.41) is 15.6. The van der Waals surface area contributed by atoms with Gasteiger partial charge < -0.3 is 20.7 Å². The van der Waals surface area contributed by atoms with Crippen LogP contribution in [0.4, 0.5) is 4.79 Å². The molecule has 1 heterocycles. The molecule has 8 heteroatoms. The first-order chi connectivity index (χ1) is 8.52. The van der Waals surface area contributed by atoms with Crippen LogP contribution in [0.1, 0.15) is 18.5 Å². The van der Waals surface area contributed by atoms with E-state index in [2.05, 4.69) is 15.6 Å². The molecule has 0 unspecified atom stereocenters. The lowest BCUT2D eigenvalue weighted by Gasteiger charge is -2.11. The van der Waals surface area contributed by atoms with Gasteiger partial charge >= 0.3 is 16.9 Å². The van der Waals surface area contributed by atoms with Crippen molar-refractivity contribution >= 4 is 23.3 Å². The fourth-order valence-corrected chi connectivity index (χ4v) is 2.09. The van der Waals surface area contributed by atoms with Gasteiger partial charge in [0.1, 0.15) is 0 Å². The molecule has 1 saturated carbocycles. The number of hydrogen-bond acceptors (Lipinski definition) is 4. The summed E-state index contributed by atoms with van der Waals surface area (Å²) in [5.41, 5.74) is -0.145. The van der Waals surface area contributed by atoms with Gasteiger partial charge in [-0.1, -0.05) is 11.3 Å². The van der Waals surface area contributed by atoms with E-state index in [4.69, 9.17) is 5.11 Å². The van der Waals surface area contributed by atoms with Crippen molar-refractivity contribution in [3.8, 4) is 0 Å². The van der Waals surface area contributed by atoms with Gasteiger partial charge in [-0.05, 0) is 12.8 Å². The molecule has 4 N–H and O–H groups in total. The quantitative estimate of drug-likeness (QED) is 0.608. The molecule has 0 aromatic carbocycles. The number of carboxylic acids is 1. The molecule has 1 fully saturated rings. The third-order valence-corrected chi connectivity index (χ3v) is 3.62. The van der Waals surface area contributed by atoms with Crippen LogP contribution in [-0.2, 0) is 11.3 Å². The van der Waals surface area contributed by atoms with Crippen LogP contribution in [0.3, 0.4) is 0 Å². The maximum atomic E-state index is 11.4. The van der Waals surface area contributed by atoms with Gasteiger partial charge in [0.05, 0.1) is 12.0 Å². The standard InChI is InChI=1S/C10H13N3O4S/c14-7(15)10(1-2-10)5-12-8(16)11-3-6-4-18-9(17)13-6/h4H,1-3,5H2,(H,13,17)(H,14,15)(H2,11,12,16). The fourth-order valence-electron chi connectivity index (χ4n) is 1.51. The maximum Gasteiger partial charge on any atom is 0.315 e. The highest BCUT2D eigenvalue weighted by atomic mass is 32.1. The number of carbonyl (C=O) groups is 2. The summed E-state index contributed by atoms with van der Waals surface area (Å²) in [6.45, 7) is 0.346. The SMILES string of the molecule is O=C(NCc1csc(=O)[nH]1)NCC1(C(=O)O)CC1. The third kappa shape index (κ3) is 2.89. The van der Waals surface area contributed by atoms with Crippen molar-refractivity contribution in [2.24, 2.45) is 5.41 Å². The van der Waals surface area contributed by atoms with Crippen molar-refractivity contribution < 1.29 is 14.7 Å². The number of carbonyl (C=O) groups excluding carboxylic acids is 1. The average molecular weight is 271 g/mol. The molecule has 18 heavy (non-hydrogen) atoms. The Hall–Kier alpha value is -1.83. The molecule has 1 aromatic heterocycles. The van der Waals surface area contributed by atoms with Crippen molar-refractivity contribution in [3.05, 3.63) is 20.7 Å². The topological polar surface area (TPSA) is 111 Å². The molecule has 0 radical (unpaired) electrons. The molecule has 0 aliphatic heterocycles. The highest BCUT2D eigenvalue weighted by Crippen LogP contribution is 2.45. The Morgan fingerprint density at radius 3 is 2.67 bits per heavy atom. The number of urea groups is 1. The minimum absolute atomic E-state index is 0.133. The van der Waals surface area contributed by atoms with E-state index < -0.39 is 17.4 Å². The molecular weight excluding hydrogens is 258 g/mol. The molecule has 0 saturated heterocycles. The Balaban J connectivity index is 1.73. The second-order valence-electron chi connectivity index (χ2n) is 4.30. The van der Waals surface area contributed by atoms with Gasteiger partial charge in [-0.25, -0.2) is 4.79 Å². The van der Waals surface area contributed by atoms with Crippen LogP contribution < -0.4 is 15.5 Å². The Morgan fingerprint density at radius 1 is 1.44 bits per heavy atom. The zero-order valence-corrected chi connectivity index (χ0v) is 10.3. The van der Waals surface area contributed by atoms with Crippen molar-refractivity contribution in [2.75, 3.05) is 6.54 Å². The highest BCUT2D eigenvalue weighted by molar-refractivity contribution is 7.07. The maximum absolute atomic E-state index is 11.4. The molecular formula is C10H13N3O4S. The van der Waals surface area contributed by atoms with Gasteiger partial charge in [-0.3, -0.25) is 9.59 Å². The van der Waals surface area contributed by atoms with Crippen LogP contribution in [0.2, 0.25) is 0 Å². The molecule has 2 rings (SSSR count). The summed E-state index contributed by atoms with van der Waals surface area (Å²) < 4.78 is 0. The first-order valence-electron chi connectivity index (χ1n) is 5.44. The lowest BCUT2D eigenvalue weighted by atomic mass is 10.1. The Labute approximate surface area is 106 Å². The van der Waals surface area contributed by atoms with Crippen LogP contribution in [0.5, 0.6) is 0 Å². The number of aliphatic carboxylic acids is 1. The third-order valence-electron chi connectivity index (χ3n) is 2.90. The zero-order valence-electron chi connectivity index (χ0n) is 9.49. The lowest BCUT2D eigenvalue weighted by molar-refractivity contribution is -0.143. The molecule has 1 aliphatic rings. The van der Waals surface area contributed by atoms with Gasteiger partial charge in [0, 0.05) is 17.6 Å². The number of aromatic nitrogens is 1. The predicted molar refractivity (Wildman–Crippen MR) is 64.5 cm³/mol. The van der Waals surface area contributed by atoms with Crippen LogP contribution in [-0.4, -0.2) is 28.6 Å². The number of amides is 2. The second kappa shape index (κ2) is 4.81. The largest absolute Gasteiger partial charge is 0.481 e. The van der Waals surface area contributed by atoms with Crippen molar-refractivity contribution in [1.82, 2.24) is 15.6 Å². The van der Waals surface area contributed by atoms with E-state index in [9.17, 15) is 14.4 Å². The number of thiazole rings is 1. The van der Waals surface area contributed by atoms with E-state index in [-0.39, 0.29) is 18.0 Å². The van der Waals surface area contributed by atoms with E-state index in [1.54, 1.807) is 5.38 Å². The number of H-pyrrole nitrogens is 1. The molecule has 7 nitrogen and oxygen atoms in total. The predicted octanol–water partition coefficient (Wildman–Crippen LogP) is 0.100. The summed E-state index contributed by atoms with van der Waals surface area (Å²) in [7, 11) is 0. The van der Waals surface area contributed by atoms with Crippen molar-refractivity contribution in [1.29, 1.82) is 0 Å². The van der Waals surface area contributed by atoms with Gasteiger partial charge in [0.15, 0.2) is 0 Å². The number of aromatic amines is 1. The van der Waals surface area contributed by atoms with Crippen molar-refractivity contribution in [3.63, 3.8) is 0 Å². The van der Waals surface area contributed by atoms with Crippen LogP contribution in [0.15, 0.2) is 10.2 Å². The average Bonchev–Trinajstić information content (AvgIpc) is 3.02. The minimum Gasteiger partial charge on any atom is -0.481 e. The molecule has 0 atom stereocenters. The van der Waals surface area contributed by atoms with Gasteiger partial charge in [0.2, 0.25) is 0 Å². The highest BCUT2D eigenvalue weighted by Gasteiger charge is 2.50. The smallest absolute Gasteiger partial charge is 0.315 e. The first kappa shape index (κ1) is 12.6. The molecule has 0 spiro atoms. The number of rotatable bonds is 5. The van der Waals surface area contributed by atoms with Gasteiger partial charge in [0.25, 0.3) is 0 Å². The monoisotopic (exact) mass is 271 g/mol. The number of carboxylic acid groups (broad SMARTS) is 1. The molecule has 1 aromatic rings. The van der Waals surface area contributed by atoms with Crippen molar-refractivity contribution in [2.45, 2.75) is 19.4 Å². The Bertz CT molecular complexity index is 517. The van der Waals surface area contributed by atoms with Crippen LogP contribution in [0.25, 0.3) is 0 Å². The van der Waals surface area contributed by atoms with E-state index in [1.807, 2.05) is 0 Å².